The van der Waals surface area contributed by atoms with E-state index in [1.807, 2.05) is 0 Å². The van der Waals surface area contributed by atoms with Crippen LogP contribution in [0.3, 0.4) is 0 Å². The van der Waals surface area contributed by atoms with E-state index in [-0.39, 0.29) is 0 Å². The quantitative estimate of drug-likeness (QED) is 0.701. The molecule has 0 aliphatic rings. The van der Waals surface area contributed by atoms with Crippen molar-refractivity contribution in [3.63, 3.8) is 0 Å². The monoisotopic (exact) mass is 330 g/mol. The molecule has 0 unspecified atom stereocenters. The first-order valence-corrected chi connectivity index (χ1v) is 15.9. The molecule has 7 heteroatoms. The van der Waals surface area contributed by atoms with Crippen LogP contribution in [0.25, 0.3) is 0 Å². The van der Waals surface area contributed by atoms with Crippen LogP contribution in [0.15, 0.2) is 0 Å². The number of hydrogen-bond acceptors (Lipinski definition) is 4. The molecule has 0 aliphatic heterocycles. The van der Waals surface area contributed by atoms with Gasteiger partial charge in [-0.3, -0.25) is 0 Å². The topological polar surface area (TPSA) is 36.9 Å². The van der Waals surface area contributed by atoms with Crippen LogP contribution < -0.4 is 0 Å². The Hall–Kier alpha value is 1.16. The van der Waals surface area contributed by atoms with E-state index in [0.29, 0.717) is 0 Å². The third-order valence-electron chi connectivity index (χ3n) is 1.36. The average molecular weight is 332 g/mol. The van der Waals surface area contributed by atoms with Gasteiger partial charge < -0.3 is 0 Å². The summed E-state index contributed by atoms with van der Waals surface area (Å²) in [5, 5.41) is 0. The predicted octanol–water partition coefficient (Wildman–Crippen LogP) is 2.80. The molecule has 0 aromatic carbocycles. The van der Waals surface area contributed by atoms with Gasteiger partial charge in [0.05, 0.1) is 0 Å². The van der Waals surface area contributed by atoms with E-state index in [1.165, 1.54) is 0 Å². The van der Waals surface area contributed by atoms with Crippen molar-refractivity contribution >= 4 is 16.6 Å². The zero-order valence-corrected chi connectivity index (χ0v) is 15.6. The predicted molar refractivity (Wildman–Crippen MR) is 62.9 cm³/mol. The van der Waals surface area contributed by atoms with Crippen LogP contribution >= 0.6 is 0 Å². The van der Waals surface area contributed by atoms with E-state index < -0.39 is 38.7 Å². The summed E-state index contributed by atoms with van der Waals surface area (Å²) in [6.45, 7) is 12.7. The van der Waals surface area contributed by atoms with Crippen molar-refractivity contribution in [2.24, 2.45) is 0 Å². The molecule has 0 amide bonds. The van der Waals surface area contributed by atoms with Gasteiger partial charge in [0.15, 0.2) is 0 Å². The first-order chi connectivity index (χ1) is 6.54. The van der Waals surface area contributed by atoms with Crippen molar-refractivity contribution in [2.75, 3.05) is 14.2 Å². The summed E-state index contributed by atoms with van der Waals surface area (Å²) in [5.41, 5.74) is 0. The molecule has 0 radical (unpaired) electrons. The second kappa shape index (κ2) is 5.66. The van der Waals surface area contributed by atoms with Crippen LogP contribution in [-0.4, -0.2) is 30.9 Å². The van der Waals surface area contributed by atoms with Gasteiger partial charge in [0.25, 0.3) is 0 Å². The summed E-state index contributed by atoms with van der Waals surface area (Å²) in [7, 11) is -0.138. The Bertz CT molecular complexity index is 178. The molecule has 15 heavy (non-hydrogen) atoms. The SMILES string of the molecule is C[O][Zr]([O]C)([O][Si](C)(C)C)[O][Si](C)(C)C. The summed E-state index contributed by atoms with van der Waals surface area (Å²) in [6.07, 6.45) is 0. The van der Waals surface area contributed by atoms with Gasteiger partial charge in [-0.15, -0.1) is 0 Å². The molecule has 0 saturated heterocycles. The molecular weight excluding hydrogens is 307 g/mol. The minimum atomic E-state index is -3.69. The molecule has 0 heterocycles. The van der Waals surface area contributed by atoms with E-state index in [0.717, 1.165) is 0 Å². The van der Waals surface area contributed by atoms with Gasteiger partial charge in [0.1, 0.15) is 0 Å². The van der Waals surface area contributed by atoms with Gasteiger partial charge >= 0.3 is 103 Å². The Morgan fingerprint density at radius 1 is 0.667 bits per heavy atom. The van der Waals surface area contributed by atoms with E-state index >= 15 is 0 Å². The Morgan fingerprint density at radius 3 is 1.07 bits per heavy atom. The Balaban J connectivity index is 4.74. The van der Waals surface area contributed by atoms with Crippen molar-refractivity contribution in [3.8, 4) is 0 Å². The Labute approximate surface area is 102 Å². The van der Waals surface area contributed by atoms with Gasteiger partial charge in [-0.1, -0.05) is 0 Å². The first-order valence-electron chi connectivity index (χ1n) is 5.04. The molecule has 0 N–H and O–H groups in total. The summed E-state index contributed by atoms with van der Waals surface area (Å²) in [5.74, 6) is 0. The molecule has 0 spiro atoms. The fourth-order valence-corrected chi connectivity index (χ4v) is 17.9. The van der Waals surface area contributed by atoms with Crippen molar-refractivity contribution in [1.29, 1.82) is 0 Å². The Morgan fingerprint density at radius 2 is 0.933 bits per heavy atom. The molecule has 0 aliphatic carbocycles. The van der Waals surface area contributed by atoms with Crippen LogP contribution in [0.4, 0.5) is 0 Å². The molecule has 0 atom stereocenters. The van der Waals surface area contributed by atoms with E-state index in [1.54, 1.807) is 14.2 Å². The van der Waals surface area contributed by atoms with Crippen molar-refractivity contribution in [1.82, 2.24) is 0 Å². The van der Waals surface area contributed by atoms with Crippen molar-refractivity contribution in [3.05, 3.63) is 0 Å². The van der Waals surface area contributed by atoms with Crippen LogP contribution in [0.1, 0.15) is 0 Å². The summed E-state index contributed by atoms with van der Waals surface area (Å²) >= 11 is -3.69. The number of rotatable bonds is 6. The third kappa shape index (κ3) is 7.15. The minimum absolute atomic E-state index is 1.62. The van der Waals surface area contributed by atoms with Gasteiger partial charge in [0, 0.05) is 0 Å². The molecule has 0 aromatic heterocycles. The fraction of sp³-hybridized carbons (Fsp3) is 1.00. The standard InChI is InChI=1S/2C3H9OSi.2CH3O.Zr/c2*1-5(2,3)4;2*1-2;/h2*1-3H3;2*1H3;/q4*-1;+4. The third-order valence-corrected chi connectivity index (χ3v) is 18.3. The van der Waals surface area contributed by atoms with Gasteiger partial charge in [-0.25, -0.2) is 0 Å². The molecule has 0 aromatic rings. The van der Waals surface area contributed by atoms with E-state index in [4.69, 9.17) is 10.6 Å². The fourth-order valence-electron chi connectivity index (χ4n) is 1.02. The second-order valence-electron chi connectivity index (χ2n) is 5.34. The van der Waals surface area contributed by atoms with Gasteiger partial charge in [0.2, 0.25) is 0 Å². The molecule has 0 rings (SSSR count). The molecule has 0 fully saturated rings. The molecule has 4 nitrogen and oxygen atoms in total. The van der Waals surface area contributed by atoms with Crippen LogP contribution in [0.5, 0.6) is 0 Å². The first kappa shape index (κ1) is 16.2. The van der Waals surface area contributed by atoms with Crippen LogP contribution in [-0.2, 0) is 32.7 Å². The zero-order chi connectivity index (χ0) is 12.3. The maximum atomic E-state index is 6.02. The molecule has 0 saturated carbocycles. The van der Waals surface area contributed by atoms with Gasteiger partial charge in [-0.2, -0.15) is 0 Å². The summed E-state index contributed by atoms with van der Waals surface area (Å²) < 4.78 is 22.9. The molecule has 0 bridgehead atoms. The maximum absolute atomic E-state index is 6.02. The van der Waals surface area contributed by atoms with Crippen LogP contribution in [0.2, 0.25) is 39.3 Å². The van der Waals surface area contributed by atoms with E-state index in [9.17, 15) is 0 Å². The molecular formula is C8H24O4Si2Zr. The second-order valence-corrected chi connectivity index (χ2v) is 21.7. The number of hydrogen-bond donors (Lipinski definition) is 0. The average Bonchev–Trinajstić information content (AvgIpc) is 1.98. The van der Waals surface area contributed by atoms with Gasteiger partial charge in [-0.05, 0) is 0 Å². The summed E-state index contributed by atoms with van der Waals surface area (Å²) in [6, 6.07) is 0. The summed E-state index contributed by atoms with van der Waals surface area (Å²) in [4.78, 5) is 0. The van der Waals surface area contributed by atoms with Crippen molar-refractivity contribution < 1.29 is 32.7 Å². The van der Waals surface area contributed by atoms with E-state index in [2.05, 4.69) is 39.3 Å². The normalized spacial score (nSPS) is 14.4. The van der Waals surface area contributed by atoms with Crippen LogP contribution in [0, 0.1) is 0 Å². The Kier molecular flexibility index (Phi) is 6.10. The molecule has 92 valence electrons. The van der Waals surface area contributed by atoms with Crippen molar-refractivity contribution in [2.45, 2.75) is 39.3 Å². The zero-order valence-electron chi connectivity index (χ0n) is 11.1.